The van der Waals surface area contributed by atoms with Crippen LogP contribution in [0.15, 0.2) is 24.3 Å². The lowest BCUT2D eigenvalue weighted by Crippen LogP contribution is -2.50. The Morgan fingerprint density at radius 1 is 1.04 bits per heavy atom. The Hall–Kier alpha value is -2.04. The number of carbonyl (C=O) groups is 2. The zero-order chi connectivity index (χ0) is 16.8. The van der Waals surface area contributed by atoms with Gasteiger partial charge >= 0.3 is 6.09 Å². The van der Waals surface area contributed by atoms with Crippen LogP contribution in [0.5, 0.6) is 0 Å². The molecule has 126 valence electrons. The number of benzene rings is 1. The van der Waals surface area contributed by atoms with E-state index in [-0.39, 0.29) is 12.0 Å². The van der Waals surface area contributed by atoms with Gasteiger partial charge in [-0.2, -0.15) is 0 Å². The van der Waals surface area contributed by atoms with Crippen LogP contribution in [-0.2, 0) is 16.0 Å². The molecule has 1 fully saturated rings. The van der Waals surface area contributed by atoms with E-state index in [1.165, 1.54) is 18.2 Å². The average molecular weight is 318 g/mol. The first-order valence-electron chi connectivity index (χ1n) is 8.20. The van der Waals surface area contributed by atoms with Gasteiger partial charge in [-0.3, -0.25) is 4.79 Å². The molecule has 23 heavy (non-hydrogen) atoms. The third-order valence-electron chi connectivity index (χ3n) is 4.34. The van der Waals surface area contributed by atoms with E-state index < -0.39 is 0 Å². The minimum atomic E-state index is -0.317. The van der Waals surface area contributed by atoms with Gasteiger partial charge in [-0.05, 0) is 23.5 Å². The molecule has 2 amide bonds. The number of nitrogens with zero attached hydrogens (tertiary/aromatic N) is 2. The molecule has 5 heteroatoms. The molecule has 1 aromatic carbocycles. The molecule has 1 aliphatic heterocycles. The van der Waals surface area contributed by atoms with E-state index in [1.54, 1.807) is 4.90 Å². The van der Waals surface area contributed by atoms with Gasteiger partial charge in [-0.25, -0.2) is 4.79 Å². The molecule has 2 rings (SSSR count). The topological polar surface area (TPSA) is 49.9 Å². The van der Waals surface area contributed by atoms with Crippen molar-refractivity contribution in [2.75, 3.05) is 33.3 Å². The van der Waals surface area contributed by atoms with Crippen molar-refractivity contribution >= 4 is 12.0 Å². The fourth-order valence-electron chi connectivity index (χ4n) is 2.75. The van der Waals surface area contributed by atoms with Crippen LogP contribution in [0.1, 0.15) is 37.3 Å². The molecule has 0 atom stereocenters. The van der Waals surface area contributed by atoms with Gasteiger partial charge in [-0.15, -0.1) is 0 Å². The van der Waals surface area contributed by atoms with Crippen molar-refractivity contribution in [2.24, 2.45) is 0 Å². The summed E-state index contributed by atoms with van der Waals surface area (Å²) in [6, 6.07) is 8.49. The van der Waals surface area contributed by atoms with E-state index in [9.17, 15) is 9.59 Å². The molecule has 5 nitrogen and oxygen atoms in total. The molecule has 0 aliphatic carbocycles. The van der Waals surface area contributed by atoms with Crippen LogP contribution in [-0.4, -0.2) is 55.1 Å². The maximum atomic E-state index is 12.3. The lowest BCUT2D eigenvalue weighted by atomic mass is 10.00. The Kier molecular flexibility index (Phi) is 6.02. The molecule has 0 unspecified atom stereocenters. The number of methoxy groups -OCH3 is 1. The van der Waals surface area contributed by atoms with Crippen LogP contribution in [0.2, 0.25) is 0 Å². The number of hydrogen-bond acceptors (Lipinski definition) is 3. The van der Waals surface area contributed by atoms with Crippen LogP contribution in [0.4, 0.5) is 4.79 Å². The summed E-state index contributed by atoms with van der Waals surface area (Å²) in [5, 5.41) is 0. The van der Waals surface area contributed by atoms with E-state index in [0.717, 1.165) is 6.42 Å². The van der Waals surface area contributed by atoms with Crippen LogP contribution in [0, 0.1) is 0 Å². The molecule has 0 bridgehead atoms. The zero-order valence-electron chi connectivity index (χ0n) is 14.2. The summed E-state index contributed by atoms with van der Waals surface area (Å²) in [6.45, 7) is 6.60. The molecular weight excluding hydrogens is 292 g/mol. The Morgan fingerprint density at radius 2 is 1.61 bits per heavy atom. The minimum absolute atomic E-state index is 0.155. The number of carbonyl (C=O) groups excluding carboxylic acids is 2. The molecule has 1 saturated heterocycles. The van der Waals surface area contributed by atoms with Gasteiger partial charge in [0.2, 0.25) is 5.91 Å². The quantitative estimate of drug-likeness (QED) is 0.857. The summed E-state index contributed by atoms with van der Waals surface area (Å²) < 4.78 is 4.70. The lowest BCUT2D eigenvalue weighted by Gasteiger charge is -2.33. The third kappa shape index (κ3) is 4.71. The zero-order valence-corrected chi connectivity index (χ0v) is 14.2. The second-order valence-corrected chi connectivity index (χ2v) is 6.23. The van der Waals surface area contributed by atoms with Gasteiger partial charge in [0.1, 0.15) is 0 Å². The Bertz CT molecular complexity index is 532. The summed E-state index contributed by atoms with van der Waals surface area (Å²) in [6.07, 6.45) is 0.954. The number of ether oxygens (including phenoxy) is 1. The maximum absolute atomic E-state index is 12.3. The molecule has 1 aliphatic rings. The number of rotatable bonds is 4. The number of aryl methyl sites for hydroxylation is 1. The highest BCUT2D eigenvalue weighted by atomic mass is 16.5. The predicted octanol–water partition coefficient (Wildman–Crippen LogP) is 2.65. The van der Waals surface area contributed by atoms with Crippen molar-refractivity contribution in [2.45, 2.75) is 32.6 Å². The van der Waals surface area contributed by atoms with E-state index >= 15 is 0 Å². The summed E-state index contributed by atoms with van der Waals surface area (Å²) in [5.74, 6) is 0.680. The number of amides is 2. The van der Waals surface area contributed by atoms with Crippen LogP contribution in [0.25, 0.3) is 0 Å². The third-order valence-corrected chi connectivity index (χ3v) is 4.34. The Morgan fingerprint density at radius 3 is 2.13 bits per heavy atom. The Labute approximate surface area is 138 Å². The first-order chi connectivity index (χ1) is 11.0. The fraction of sp³-hybridized carbons (Fsp3) is 0.556. The Balaban J connectivity index is 1.78. The first kappa shape index (κ1) is 17.3. The normalized spacial score (nSPS) is 15.0. The monoisotopic (exact) mass is 318 g/mol. The standard InChI is InChI=1S/C18H26N2O3/c1-14(2)16-7-4-15(5-8-16)6-9-17(21)19-10-12-20(13-11-19)18(22)23-3/h4-5,7-8,14H,6,9-13H2,1-3H3. The van der Waals surface area contributed by atoms with E-state index in [4.69, 9.17) is 4.74 Å². The first-order valence-corrected chi connectivity index (χ1v) is 8.20. The van der Waals surface area contributed by atoms with Gasteiger partial charge in [-0.1, -0.05) is 38.1 Å². The van der Waals surface area contributed by atoms with Gasteiger partial charge < -0.3 is 14.5 Å². The summed E-state index contributed by atoms with van der Waals surface area (Å²) >= 11 is 0. The summed E-state index contributed by atoms with van der Waals surface area (Å²) in [5.41, 5.74) is 2.51. The maximum Gasteiger partial charge on any atom is 0.409 e. The van der Waals surface area contributed by atoms with Crippen LogP contribution >= 0.6 is 0 Å². The van der Waals surface area contributed by atoms with Crippen molar-refractivity contribution in [1.29, 1.82) is 0 Å². The number of piperazine rings is 1. The van der Waals surface area contributed by atoms with Crippen molar-refractivity contribution in [1.82, 2.24) is 9.80 Å². The predicted molar refractivity (Wildman–Crippen MR) is 89.4 cm³/mol. The van der Waals surface area contributed by atoms with Gasteiger partial charge in [0.15, 0.2) is 0 Å². The average Bonchev–Trinajstić information content (AvgIpc) is 2.59. The second-order valence-electron chi connectivity index (χ2n) is 6.23. The summed E-state index contributed by atoms with van der Waals surface area (Å²) in [4.78, 5) is 27.2. The molecule has 1 aromatic rings. The van der Waals surface area contributed by atoms with E-state index in [0.29, 0.717) is 38.5 Å². The molecule has 0 N–H and O–H groups in total. The summed E-state index contributed by atoms with van der Waals surface area (Å²) in [7, 11) is 1.38. The molecule has 0 aromatic heterocycles. The van der Waals surface area contributed by atoms with Crippen molar-refractivity contribution in [3.63, 3.8) is 0 Å². The van der Waals surface area contributed by atoms with Crippen molar-refractivity contribution < 1.29 is 14.3 Å². The molecule has 0 spiro atoms. The molecular formula is C18H26N2O3. The van der Waals surface area contributed by atoms with Crippen LogP contribution in [0.3, 0.4) is 0 Å². The van der Waals surface area contributed by atoms with Gasteiger partial charge in [0.05, 0.1) is 7.11 Å². The lowest BCUT2D eigenvalue weighted by molar-refractivity contribution is -0.132. The highest BCUT2D eigenvalue weighted by molar-refractivity contribution is 5.77. The highest BCUT2D eigenvalue weighted by Crippen LogP contribution is 2.16. The molecule has 0 radical (unpaired) electrons. The smallest absolute Gasteiger partial charge is 0.409 e. The second kappa shape index (κ2) is 7.99. The fourth-order valence-corrected chi connectivity index (χ4v) is 2.75. The van der Waals surface area contributed by atoms with Gasteiger partial charge in [0.25, 0.3) is 0 Å². The van der Waals surface area contributed by atoms with E-state index in [1.807, 2.05) is 4.90 Å². The largest absolute Gasteiger partial charge is 0.453 e. The minimum Gasteiger partial charge on any atom is -0.453 e. The molecule has 1 heterocycles. The van der Waals surface area contributed by atoms with Crippen LogP contribution < -0.4 is 0 Å². The van der Waals surface area contributed by atoms with Crippen molar-refractivity contribution in [3.8, 4) is 0 Å². The van der Waals surface area contributed by atoms with Crippen molar-refractivity contribution in [3.05, 3.63) is 35.4 Å². The van der Waals surface area contributed by atoms with E-state index in [2.05, 4.69) is 38.1 Å². The SMILES string of the molecule is COC(=O)N1CCN(C(=O)CCc2ccc(C(C)C)cc2)CC1. The molecule has 0 saturated carbocycles. The highest BCUT2D eigenvalue weighted by Gasteiger charge is 2.24. The van der Waals surface area contributed by atoms with Gasteiger partial charge in [0, 0.05) is 32.6 Å². The number of hydrogen-bond donors (Lipinski definition) is 0.